The first-order valence-corrected chi connectivity index (χ1v) is 8.53. The van der Waals surface area contributed by atoms with E-state index < -0.39 is 10.1 Å². The molecule has 0 saturated carbocycles. The van der Waals surface area contributed by atoms with Gasteiger partial charge in [0.15, 0.2) is 0 Å². The number of rotatable bonds is 4. The fraction of sp³-hybridized carbons (Fsp3) is 0.0556. The van der Waals surface area contributed by atoms with Gasteiger partial charge in [-0.05, 0) is 52.7 Å². The van der Waals surface area contributed by atoms with E-state index in [0.29, 0.717) is 23.3 Å². The first-order chi connectivity index (χ1) is 11.5. The molecule has 5 nitrogen and oxygen atoms in total. The summed E-state index contributed by atoms with van der Waals surface area (Å²) in [6, 6.07) is 18.8. The van der Waals surface area contributed by atoms with Gasteiger partial charge in [0.1, 0.15) is 12.4 Å². The fourth-order valence-corrected chi connectivity index (χ4v) is 2.81. The molecule has 3 aromatic rings. The highest BCUT2D eigenvalue weighted by Crippen LogP contribution is 2.24. The van der Waals surface area contributed by atoms with E-state index in [1.165, 1.54) is 12.1 Å². The highest BCUT2D eigenvalue weighted by molar-refractivity contribution is 7.85. The van der Waals surface area contributed by atoms with Crippen molar-refractivity contribution in [3.8, 4) is 11.8 Å². The SMILES string of the molecule is N#Cc1ccc(COc2ccc3cc(S(=O)(=O)O)ccc3c2)cc1. The van der Waals surface area contributed by atoms with E-state index >= 15 is 0 Å². The Bertz CT molecular complexity index is 1030. The van der Waals surface area contributed by atoms with Gasteiger partial charge in [-0.25, -0.2) is 0 Å². The van der Waals surface area contributed by atoms with Crippen LogP contribution in [0.4, 0.5) is 0 Å². The molecule has 0 aliphatic rings. The lowest BCUT2D eigenvalue weighted by Gasteiger charge is -2.08. The molecule has 6 heteroatoms. The van der Waals surface area contributed by atoms with Crippen LogP contribution < -0.4 is 4.74 Å². The molecule has 0 unspecified atom stereocenters. The van der Waals surface area contributed by atoms with Crippen LogP contribution in [0.3, 0.4) is 0 Å². The van der Waals surface area contributed by atoms with Crippen molar-refractivity contribution in [2.24, 2.45) is 0 Å². The summed E-state index contributed by atoms with van der Waals surface area (Å²) in [6.45, 7) is 0.361. The monoisotopic (exact) mass is 339 g/mol. The fourth-order valence-electron chi connectivity index (χ4n) is 2.29. The summed E-state index contributed by atoms with van der Waals surface area (Å²) in [5, 5.41) is 10.3. The molecule has 0 aliphatic carbocycles. The first-order valence-electron chi connectivity index (χ1n) is 7.09. The Hall–Kier alpha value is -2.88. The molecule has 0 aromatic heterocycles. The molecule has 3 aromatic carbocycles. The Morgan fingerprint density at radius 1 is 0.958 bits per heavy atom. The molecule has 24 heavy (non-hydrogen) atoms. The lowest BCUT2D eigenvalue weighted by molar-refractivity contribution is 0.306. The van der Waals surface area contributed by atoms with Gasteiger partial charge in [-0.15, -0.1) is 0 Å². The van der Waals surface area contributed by atoms with Gasteiger partial charge in [-0.2, -0.15) is 13.7 Å². The van der Waals surface area contributed by atoms with Crippen molar-refractivity contribution in [3.05, 3.63) is 71.8 Å². The summed E-state index contributed by atoms with van der Waals surface area (Å²) in [6.07, 6.45) is 0. The number of benzene rings is 3. The summed E-state index contributed by atoms with van der Waals surface area (Å²) in [4.78, 5) is -0.138. The van der Waals surface area contributed by atoms with Crippen LogP contribution in [-0.2, 0) is 16.7 Å². The Balaban J connectivity index is 1.79. The summed E-state index contributed by atoms with van der Waals surface area (Å²) in [5.41, 5.74) is 1.54. The van der Waals surface area contributed by atoms with Gasteiger partial charge in [-0.3, -0.25) is 4.55 Å². The van der Waals surface area contributed by atoms with Crippen LogP contribution in [0.5, 0.6) is 5.75 Å². The molecular formula is C18H13NO4S. The van der Waals surface area contributed by atoms with E-state index in [9.17, 15) is 8.42 Å². The number of hydrogen-bond donors (Lipinski definition) is 1. The zero-order valence-electron chi connectivity index (χ0n) is 12.5. The summed E-state index contributed by atoms with van der Waals surface area (Å²) >= 11 is 0. The average molecular weight is 339 g/mol. The average Bonchev–Trinajstić information content (AvgIpc) is 2.59. The number of nitrogens with zero attached hydrogens (tertiary/aromatic N) is 1. The highest BCUT2D eigenvalue weighted by Gasteiger charge is 2.10. The number of ether oxygens (including phenoxy) is 1. The van der Waals surface area contributed by atoms with Gasteiger partial charge in [0, 0.05) is 0 Å². The Morgan fingerprint density at radius 2 is 1.62 bits per heavy atom. The highest BCUT2D eigenvalue weighted by atomic mass is 32.2. The van der Waals surface area contributed by atoms with E-state index in [2.05, 4.69) is 6.07 Å². The third-order valence-corrected chi connectivity index (χ3v) is 4.42. The minimum atomic E-state index is -4.21. The van der Waals surface area contributed by atoms with E-state index in [4.69, 9.17) is 14.6 Å². The van der Waals surface area contributed by atoms with Crippen molar-refractivity contribution < 1.29 is 17.7 Å². The van der Waals surface area contributed by atoms with Crippen molar-refractivity contribution in [1.82, 2.24) is 0 Å². The van der Waals surface area contributed by atoms with Crippen molar-refractivity contribution >= 4 is 20.9 Å². The van der Waals surface area contributed by atoms with Gasteiger partial charge in [0.05, 0.1) is 16.5 Å². The number of hydrogen-bond acceptors (Lipinski definition) is 4. The molecule has 0 aliphatic heterocycles. The molecule has 0 fully saturated rings. The summed E-state index contributed by atoms with van der Waals surface area (Å²) in [5.74, 6) is 0.645. The van der Waals surface area contributed by atoms with E-state index in [1.807, 2.05) is 12.1 Å². The third-order valence-electron chi connectivity index (χ3n) is 3.57. The second-order valence-electron chi connectivity index (χ2n) is 5.24. The quantitative estimate of drug-likeness (QED) is 0.735. The minimum absolute atomic E-state index is 0.138. The zero-order chi connectivity index (χ0) is 17.2. The van der Waals surface area contributed by atoms with Crippen LogP contribution in [0.15, 0.2) is 65.6 Å². The maximum absolute atomic E-state index is 11.2. The van der Waals surface area contributed by atoms with Gasteiger partial charge >= 0.3 is 0 Å². The molecule has 0 radical (unpaired) electrons. The Labute approximate surface area is 139 Å². The Kier molecular flexibility index (Phi) is 4.21. The predicted molar refractivity (Wildman–Crippen MR) is 89.3 cm³/mol. The summed E-state index contributed by atoms with van der Waals surface area (Å²) in [7, 11) is -4.21. The second kappa shape index (κ2) is 6.32. The molecule has 0 atom stereocenters. The molecule has 0 heterocycles. The lowest BCUT2D eigenvalue weighted by atomic mass is 10.1. The Morgan fingerprint density at radius 3 is 2.29 bits per heavy atom. The topological polar surface area (TPSA) is 87.4 Å². The van der Waals surface area contributed by atoms with Crippen LogP contribution in [0.1, 0.15) is 11.1 Å². The van der Waals surface area contributed by atoms with Crippen LogP contribution in [0.25, 0.3) is 10.8 Å². The molecule has 0 amide bonds. The first kappa shape index (κ1) is 16.0. The maximum atomic E-state index is 11.2. The number of nitriles is 1. The lowest BCUT2D eigenvalue weighted by Crippen LogP contribution is -1.98. The van der Waals surface area contributed by atoms with Crippen molar-refractivity contribution in [3.63, 3.8) is 0 Å². The van der Waals surface area contributed by atoms with Gasteiger partial charge in [0.2, 0.25) is 0 Å². The van der Waals surface area contributed by atoms with E-state index in [0.717, 1.165) is 10.9 Å². The molecule has 120 valence electrons. The number of fused-ring (bicyclic) bond motifs is 1. The third kappa shape index (κ3) is 3.54. The molecule has 0 spiro atoms. The van der Waals surface area contributed by atoms with Crippen molar-refractivity contribution in [2.75, 3.05) is 0 Å². The zero-order valence-corrected chi connectivity index (χ0v) is 13.3. The van der Waals surface area contributed by atoms with Gasteiger partial charge < -0.3 is 4.74 Å². The summed E-state index contributed by atoms with van der Waals surface area (Å²) < 4.78 is 37.1. The van der Waals surface area contributed by atoms with Crippen molar-refractivity contribution in [1.29, 1.82) is 5.26 Å². The molecular weight excluding hydrogens is 326 g/mol. The van der Waals surface area contributed by atoms with Crippen LogP contribution >= 0.6 is 0 Å². The van der Waals surface area contributed by atoms with Gasteiger partial charge in [-0.1, -0.05) is 24.3 Å². The standard InChI is InChI=1S/C18H13NO4S/c19-11-13-1-3-14(4-2-13)12-23-17-7-5-16-10-18(24(20,21)22)8-6-15(16)9-17/h1-10H,12H2,(H,20,21,22). The molecule has 0 bridgehead atoms. The van der Waals surface area contributed by atoms with Crippen LogP contribution in [0, 0.1) is 11.3 Å². The van der Waals surface area contributed by atoms with Gasteiger partial charge in [0.25, 0.3) is 10.1 Å². The predicted octanol–water partition coefficient (Wildman–Crippen LogP) is 3.54. The molecule has 1 N–H and O–H groups in total. The second-order valence-corrected chi connectivity index (χ2v) is 6.66. The smallest absolute Gasteiger partial charge is 0.294 e. The normalized spacial score (nSPS) is 11.2. The molecule has 0 saturated heterocycles. The largest absolute Gasteiger partial charge is 0.489 e. The van der Waals surface area contributed by atoms with E-state index in [1.54, 1.807) is 36.4 Å². The van der Waals surface area contributed by atoms with Crippen molar-refractivity contribution in [2.45, 2.75) is 11.5 Å². The van der Waals surface area contributed by atoms with E-state index in [-0.39, 0.29) is 4.90 Å². The van der Waals surface area contributed by atoms with Crippen LogP contribution in [-0.4, -0.2) is 13.0 Å². The maximum Gasteiger partial charge on any atom is 0.294 e. The van der Waals surface area contributed by atoms with Crippen LogP contribution in [0.2, 0.25) is 0 Å². The minimum Gasteiger partial charge on any atom is -0.489 e. The molecule has 3 rings (SSSR count).